The second-order valence-corrected chi connectivity index (χ2v) is 7.74. The van der Waals surface area contributed by atoms with Crippen LogP contribution in [0.15, 0.2) is 72.8 Å². The van der Waals surface area contributed by atoms with Gasteiger partial charge in [-0.05, 0) is 41.2 Å². The summed E-state index contributed by atoms with van der Waals surface area (Å²) in [6.07, 6.45) is 0.971. The Morgan fingerprint density at radius 1 is 0.966 bits per heavy atom. The number of anilines is 1. The van der Waals surface area contributed by atoms with Crippen molar-refractivity contribution in [3.05, 3.63) is 95.1 Å². The monoisotopic (exact) mass is 388 g/mol. The Morgan fingerprint density at radius 2 is 1.62 bits per heavy atom. The smallest absolute Gasteiger partial charge is 0.143 e. The van der Waals surface area contributed by atoms with Gasteiger partial charge in [0.2, 0.25) is 0 Å². The normalized spacial score (nSPS) is 18.2. The average Bonchev–Trinajstić information content (AvgIpc) is 2.76. The summed E-state index contributed by atoms with van der Waals surface area (Å²) < 4.78 is 6.26. The van der Waals surface area contributed by atoms with Gasteiger partial charge in [0.05, 0.1) is 11.8 Å². The van der Waals surface area contributed by atoms with Gasteiger partial charge in [0, 0.05) is 19.6 Å². The zero-order chi connectivity index (χ0) is 20.2. The highest BCUT2D eigenvalue weighted by atomic mass is 16.5. The molecular weight excluding hydrogens is 360 g/mol. The van der Waals surface area contributed by atoms with Crippen molar-refractivity contribution in [2.45, 2.75) is 38.1 Å². The molecule has 2 unspecified atom stereocenters. The van der Waals surface area contributed by atoms with Crippen molar-refractivity contribution in [3.8, 4) is 5.75 Å². The van der Waals surface area contributed by atoms with E-state index in [0.29, 0.717) is 6.61 Å². The molecule has 0 saturated heterocycles. The Bertz CT molecular complexity index is 944. The zero-order valence-electron chi connectivity index (χ0n) is 16.8. The molecule has 1 aliphatic carbocycles. The lowest BCUT2D eigenvalue weighted by Gasteiger charge is -2.33. The molecule has 0 heterocycles. The van der Waals surface area contributed by atoms with Crippen molar-refractivity contribution >= 4 is 5.69 Å². The Labute approximate surface area is 172 Å². The fourth-order valence-corrected chi connectivity index (χ4v) is 4.08. The van der Waals surface area contributed by atoms with Crippen molar-refractivity contribution in [2.24, 2.45) is 5.73 Å². The number of benzene rings is 3. The van der Waals surface area contributed by atoms with Gasteiger partial charge in [0.15, 0.2) is 0 Å². The van der Waals surface area contributed by atoms with Crippen molar-refractivity contribution < 1.29 is 9.84 Å². The maximum absolute atomic E-state index is 10.6. The minimum Gasteiger partial charge on any atom is -0.487 e. The average molecular weight is 389 g/mol. The van der Waals surface area contributed by atoms with E-state index in [2.05, 4.69) is 48.3 Å². The number of fused-ring (bicyclic) bond motifs is 1. The topological polar surface area (TPSA) is 58.7 Å². The molecule has 0 bridgehead atoms. The fourth-order valence-electron chi connectivity index (χ4n) is 4.08. The number of rotatable bonds is 6. The third kappa shape index (κ3) is 4.29. The van der Waals surface area contributed by atoms with Crippen LogP contribution in [0.4, 0.5) is 5.69 Å². The van der Waals surface area contributed by atoms with E-state index in [9.17, 15) is 5.11 Å². The van der Waals surface area contributed by atoms with Crippen LogP contribution in [0.2, 0.25) is 0 Å². The first-order valence-electron chi connectivity index (χ1n) is 10.1. The SMILES string of the molecule is CN(Cc1ccccc1)c1c(OCc2ccccc2)ccc2c1CCC(N)C2O. The van der Waals surface area contributed by atoms with E-state index in [4.69, 9.17) is 10.5 Å². The van der Waals surface area contributed by atoms with Gasteiger partial charge in [0.1, 0.15) is 12.4 Å². The molecule has 3 aromatic carbocycles. The van der Waals surface area contributed by atoms with E-state index in [1.54, 1.807) is 0 Å². The van der Waals surface area contributed by atoms with Gasteiger partial charge in [0.25, 0.3) is 0 Å². The second-order valence-electron chi connectivity index (χ2n) is 7.74. The number of aliphatic hydroxyl groups excluding tert-OH is 1. The Morgan fingerprint density at radius 3 is 2.31 bits per heavy atom. The summed E-state index contributed by atoms with van der Waals surface area (Å²) in [6, 6.07) is 24.3. The van der Waals surface area contributed by atoms with E-state index in [0.717, 1.165) is 47.5 Å². The molecule has 0 aromatic heterocycles. The maximum Gasteiger partial charge on any atom is 0.143 e. The van der Waals surface area contributed by atoms with E-state index < -0.39 is 6.10 Å². The summed E-state index contributed by atoms with van der Waals surface area (Å²) in [5, 5.41) is 10.6. The maximum atomic E-state index is 10.6. The second kappa shape index (κ2) is 8.68. The lowest BCUT2D eigenvalue weighted by molar-refractivity contribution is 0.133. The van der Waals surface area contributed by atoms with E-state index >= 15 is 0 Å². The third-order valence-electron chi connectivity index (χ3n) is 5.62. The molecule has 2 atom stereocenters. The summed E-state index contributed by atoms with van der Waals surface area (Å²) in [4.78, 5) is 2.22. The number of hydrogen-bond donors (Lipinski definition) is 2. The summed E-state index contributed by atoms with van der Waals surface area (Å²) in [5.41, 5.74) is 11.6. The zero-order valence-corrected chi connectivity index (χ0v) is 16.8. The summed E-state index contributed by atoms with van der Waals surface area (Å²) in [5.74, 6) is 0.841. The van der Waals surface area contributed by atoms with Crippen LogP contribution in [0.3, 0.4) is 0 Å². The van der Waals surface area contributed by atoms with Crippen molar-refractivity contribution in [1.29, 1.82) is 0 Å². The van der Waals surface area contributed by atoms with E-state index in [1.165, 1.54) is 5.56 Å². The fraction of sp³-hybridized carbons (Fsp3) is 0.280. The van der Waals surface area contributed by atoms with Crippen LogP contribution in [0.5, 0.6) is 5.75 Å². The molecule has 1 aliphatic rings. The quantitative estimate of drug-likeness (QED) is 0.664. The van der Waals surface area contributed by atoms with Crippen LogP contribution in [-0.2, 0) is 19.6 Å². The number of nitrogens with two attached hydrogens (primary N) is 1. The highest BCUT2D eigenvalue weighted by Gasteiger charge is 2.29. The molecule has 0 fully saturated rings. The Hall–Kier alpha value is -2.82. The van der Waals surface area contributed by atoms with E-state index in [1.807, 2.05) is 36.4 Å². The van der Waals surface area contributed by atoms with Gasteiger partial charge < -0.3 is 20.5 Å². The Balaban J connectivity index is 1.68. The van der Waals surface area contributed by atoms with Gasteiger partial charge >= 0.3 is 0 Å². The van der Waals surface area contributed by atoms with Gasteiger partial charge in [-0.3, -0.25) is 0 Å². The molecule has 29 heavy (non-hydrogen) atoms. The van der Waals surface area contributed by atoms with E-state index in [-0.39, 0.29) is 6.04 Å². The van der Waals surface area contributed by atoms with Crippen molar-refractivity contribution in [1.82, 2.24) is 0 Å². The standard InChI is InChI=1S/C25H28N2O2/c1-27(16-18-8-4-2-5-9-18)24-20-12-14-22(26)25(28)21(20)13-15-23(24)29-17-19-10-6-3-7-11-19/h2-11,13,15,22,25,28H,12,14,16-17,26H2,1H3. The lowest BCUT2D eigenvalue weighted by Crippen LogP contribution is -2.34. The number of hydrogen-bond acceptors (Lipinski definition) is 4. The van der Waals surface area contributed by atoms with Gasteiger partial charge in [-0.25, -0.2) is 0 Å². The predicted molar refractivity (Wildman–Crippen MR) is 117 cm³/mol. The molecule has 0 spiro atoms. The third-order valence-corrected chi connectivity index (χ3v) is 5.62. The summed E-state index contributed by atoms with van der Waals surface area (Å²) in [7, 11) is 2.08. The minimum atomic E-state index is -0.634. The summed E-state index contributed by atoms with van der Waals surface area (Å²) >= 11 is 0. The molecule has 150 valence electrons. The van der Waals surface area contributed by atoms with Gasteiger partial charge in [-0.2, -0.15) is 0 Å². The highest BCUT2D eigenvalue weighted by molar-refractivity contribution is 5.67. The summed E-state index contributed by atoms with van der Waals surface area (Å²) in [6.45, 7) is 1.27. The van der Waals surface area contributed by atoms with Crippen molar-refractivity contribution in [2.75, 3.05) is 11.9 Å². The molecule has 3 N–H and O–H groups in total. The molecule has 3 aromatic rings. The molecule has 4 nitrogen and oxygen atoms in total. The molecule has 0 amide bonds. The molecule has 0 aliphatic heterocycles. The number of ether oxygens (including phenoxy) is 1. The first-order chi connectivity index (χ1) is 14.1. The number of aliphatic hydroxyl groups is 1. The lowest BCUT2D eigenvalue weighted by atomic mass is 9.84. The van der Waals surface area contributed by atoms with Crippen LogP contribution in [0, 0.1) is 0 Å². The minimum absolute atomic E-state index is 0.217. The van der Waals surface area contributed by atoms with Crippen LogP contribution >= 0.6 is 0 Å². The molecule has 0 radical (unpaired) electrons. The van der Waals surface area contributed by atoms with Gasteiger partial charge in [-0.15, -0.1) is 0 Å². The van der Waals surface area contributed by atoms with Gasteiger partial charge in [-0.1, -0.05) is 66.7 Å². The first kappa shape index (κ1) is 19.5. The van der Waals surface area contributed by atoms with Crippen LogP contribution in [-0.4, -0.2) is 18.2 Å². The number of nitrogens with zero attached hydrogens (tertiary/aromatic N) is 1. The largest absolute Gasteiger partial charge is 0.487 e. The predicted octanol–water partition coefficient (Wildman–Crippen LogP) is 4.21. The van der Waals surface area contributed by atoms with Crippen LogP contribution in [0.25, 0.3) is 0 Å². The molecule has 4 rings (SSSR count). The van der Waals surface area contributed by atoms with Crippen molar-refractivity contribution in [3.63, 3.8) is 0 Å². The molecular formula is C25H28N2O2. The van der Waals surface area contributed by atoms with Crippen LogP contribution in [0.1, 0.15) is 34.8 Å². The van der Waals surface area contributed by atoms with Crippen LogP contribution < -0.4 is 15.4 Å². The highest BCUT2D eigenvalue weighted by Crippen LogP contribution is 2.41. The first-order valence-corrected chi connectivity index (χ1v) is 10.1. The Kier molecular flexibility index (Phi) is 5.84. The molecule has 4 heteroatoms. The molecule has 0 saturated carbocycles.